The Hall–Kier alpha value is -3.26. The monoisotopic (exact) mass is 421 g/mol. The van der Waals surface area contributed by atoms with Crippen LogP contribution in [0.25, 0.3) is 16.6 Å². The number of amides is 1. The molecule has 3 heterocycles. The Morgan fingerprint density at radius 2 is 1.90 bits per heavy atom. The number of aryl methyl sites for hydroxylation is 2. The molecule has 0 unspecified atom stereocenters. The van der Waals surface area contributed by atoms with Crippen LogP contribution in [0.4, 0.5) is 0 Å². The van der Waals surface area contributed by atoms with Gasteiger partial charge in [-0.05, 0) is 50.8 Å². The van der Waals surface area contributed by atoms with Crippen LogP contribution in [-0.4, -0.2) is 32.0 Å². The molecule has 0 saturated carbocycles. The predicted octanol–water partition coefficient (Wildman–Crippen LogP) is 3.18. The minimum atomic E-state index is -0.730. The topological polar surface area (TPSA) is 81.8 Å². The van der Waals surface area contributed by atoms with Gasteiger partial charge in [-0.2, -0.15) is 10.2 Å². The normalized spacial score (nSPS) is 12.2. The lowest BCUT2D eigenvalue weighted by atomic mass is 10.2. The molecule has 4 rings (SSSR count). The largest absolute Gasteiger partial charge is 0.354 e. The number of hydrogen-bond donors (Lipinski definition) is 1. The van der Waals surface area contributed by atoms with E-state index >= 15 is 0 Å². The van der Waals surface area contributed by atoms with Gasteiger partial charge in [0.1, 0.15) is 6.04 Å². The Balaban J connectivity index is 1.63. The highest BCUT2D eigenvalue weighted by molar-refractivity contribution is 7.09. The Kier molecular flexibility index (Phi) is 5.50. The van der Waals surface area contributed by atoms with Crippen LogP contribution in [0.3, 0.4) is 0 Å². The Morgan fingerprint density at radius 3 is 2.60 bits per heavy atom. The molecule has 1 atom stereocenters. The summed E-state index contributed by atoms with van der Waals surface area (Å²) >= 11 is 1.66. The second kappa shape index (κ2) is 8.23. The van der Waals surface area contributed by atoms with Crippen molar-refractivity contribution in [3.05, 3.63) is 74.5 Å². The zero-order chi connectivity index (χ0) is 21.3. The van der Waals surface area contributed by atoms with Crippen molar-refractivity contribution >= 4 is 28.1 Å². The second-order valence-corrected chi connectivity index (χ2v) is 8.22. The van der Waals surface area contributed by atoms with Crippen LogP contribution >= 0.6 is 11.3 Å². The lowest BCUT2D eigenvalue weighted by Crippen LogP contribution is -2.38. The number of carbonyl (C=O) groups is 1. The van der Waals surface area contributed by atoms with E-state index in [1.807, 2.05) is 61.7 Å². The van der Waals surface area contributed by atoms with Gasteiger partial charge < -0.3 is 5.32 Å². The number of para-hydroxylation sites is 1. The molecular formula is C22H23N5O2S. The third-order valence-electron chi connectivity index (χ3n) is 5.14. The number of rotatable bonds is 6. The van der Waals surface area contributed by atoms with Crippen molar-refractivity contribution in [2.75, 3.05) is 6.54 Å². The average Bonchev–Trinajstić information content (AvgIpc) is 3.39. The lowest BCUT2D eigenvalue weighted by Gasteiger charge is -2.14. The number of hydrogen-bond acceptors (Lipinski definition) is 5. The zero-order valence-electron chi connectivity index (χ0n) is 17.1. The van der Waals surface area contributed by atoms with E-state index in [9.17, 15) is 9.59 Å². The molecular weight excluding hydrogens is 398 g/mol. The number of nitrogens with zero attached hydrogens (tertiary/aromatic N) is 4. The number of benzene rings is 1. The van der Waals surface area contributed by atoms with Gasteiger partial charge in [0.15, 0.2) is 5.52 Å². The van der Waals surface area contributed by atoms with Crippen molar-refractivity contribution < 1.29 is 4.79 Å². The average molecular weight is 422 g/mol. The molecule has 0 aliphatic carbocycles. The number of nitrogens with one attached hydrogen (secondary N) is 1. The summed E-state index contributed by atoms with van der Waals surface area (Å²) in [5.41, 5.74) is 2.34. The highest BCUT2D eigenvalue weighted by atomic mass is 32.1. The molecule has 0 bridgehead atoms. The van der Waals surface area contributed by atoms with Crippen molar-refractivity contribution in [1.29, 1.82) is 0 Å². The van der Waals surface area contributed by atoms with Gasteiger partial charge in [0, 0.05) is 11.4 Å². The zero-order valence-corrected chi connectivity index (χ0v) is 17.9. The standard InChI is InChI=1S/C22H23N5O2S/c1-14-19-15(2)26(17-8-5-4-6-9-17)25-20(19)22(29)27(24-14)16(3)21(28)23-12-11-18-10-7-13-30-18/h4-10,13,16H,11-12H2,1-3H3,(H,23,28)/t16-/m0/s1. The fourth-order valence-corrected chi connectivity index (χ4v) is 4.27. The Labute approximate surface area is 178 Å². The van der Waals surface area contributed by atoms with Crippen LogP contribution in [0, 0.1) is 13.8 Å². The van der Waals surface area contributed by atoms with Gasteiger partial charge in [0.05, 0.1) is 22.5 Å². The first-order valence-electron chi connectivity index (χ1n) is 9.81. The maximum atomic E-state index is 13.1. The summed E-state index contributed by atoms with van der Waals surface area (Å²) in [6.45, 7) is 5.95. The fraction of sp³-hybridized carbons (Fsp3) is 0.273. The van der Waals surface area contributed by atoms with E-state index in [1.54, 1.807) is 22.9 Å². The summed E-state index contributed by atoms with van der Waals surface area (Å²) < 4.78 is 2.98. The summed E-state index contributed by atoms with van der Waals surface area (Å²) in [5.74, 6) is -0.237. The van der Waals surface area contributed by atoms with Gasteiger partial charge in [-0.1, -0.05) is 24.3 Å². The minimum Gasteiger partial charge on any atom is -0.354 e. The quantitative estimate of drug-likeness (QED) is 0.518. The number of carbonyl (C=O) groups excluding carboxylic acids is 1. The molecule has 0 radical (unpaired) electrons. The number of thiophene rings is 1. The molecule has 4 aromatic rings. The molecule has 1 aromatic carbocycles. The van der Waals surface area contributed by atoms with Gasteiger partial charge in [-0.15, -0.1) is 11.3 Å². The molecule has 0 fully saturated rings. The summed E-state index contributed by atoms with van der Waals surface area (Å²) in [7, 11) is 0. The van der Waals surface area contributed by atoms with E-state index in [0.717, 1.165) is 23.2 Å². The van der Waals surface area contributed by atoms with Crippen LogP contribution in [0.1, 0.15) is 29.2 Å². The molecule has 0 aliphatic rings. The van der Waals surface area contributed by atoms with E-state index in [-0.39, 0.29) is 11.5 Å². The molecule has 0 saturated heterocycles. The predicted molar refractivity (Wildman–Crippen MR) is 118 cm³/mol. The Bertz CT molecular complexity index is 1240. The number of fused-ring (bicyclic) bond motifs is 1. The van der Waals surface area contributed by atoms with Crippen molar-refractivity contribution in [2.24, 2.45) is 0 Å². The van der Waals surface area contributed by atoms with E-state index < -0.39 is 6.04 Å². The molecule has 3 aromatic heterocycles. The van der Waals surface area contributed by atoms with Gasteiger partial charge in [0.25, 0.3) is 5.56 Å². The molecule has 7 nitrogen and oxygen atoms in total. The van der Waals surface area contributed by atoms with E-state index in [2.05, 4.69) is 15.5 Å². The van der Waals surface area contributed by atoms with Gasteiger partial charge in [-0.3, -0.25) is 9.59 Å². The molecule has 0 aliphatic heterocycles. The summed E-state index contributed by atoms with van der Waals surface area (Å²) in [5, 5.41) is 14.6. The SMILES string of the molecule is Cc1nn([C@@H](C)C(=O)NCCc2cccs2)c(=O)c2nn(-c3ccccc3)c(C)c12. The molecule has 1 amide bonds. The van der Waals surface area contributed by atoms with Gasteiger partial charge in [0.2, 0.25) is 5.91 Å². The second-order valence-electron chi connectivity index (χ2n) is 7.19. The Morgan fingerprint density at radius 1 is 1.13 bits per heavy atom. The first-order chi connectivity index (χ1) is 14.5. The third-order valence-corrected chi connectivity index (χ3v) is 6.08. The van der Waals surface area contributed by atoms with Crippen LogP contribution in [0.15, 0.2) is 52.6 Å². The molecule has 1 N–H and O–H groups in total. The van der Waals surface area contributed by atoms with Crippen LogP contribution in [0.2, 0.25) is 0 Å². The highest BCUT2D eigenvalue weighted by Crippen LogP contribution is 2.21. The van der Waals surface area contributed by atoms with E-state index in [0.29, 0.717) is 17.8 Å². The molecule has 30 heavy (non-hydrogen) atoms. The van der Waals surface area contributed by atoms with Crippen LogP contribution in [0.5, 0.6) is 0 Å². The van der Waals surface area contributed by atoms with Crippen LogP contribution in [-0.2, 0) is 11.2 Å². The van der Waals surface area contributed by atoms with Crippen molar-refractivity contribution in [1.82, 2.24) is 24.9 Å². The maximum Gasteiger partial charge on any atom is 0.295 e. The van der Waals surface area contributed by atoms with Crippen molar-refractivity contribution in [2.45, 2.75) is 33.2 Å². The summed E-state index contributed by atoms with van der Waals surface area (Å²) in [4.78, 5) is 27.0. The van der Waals surface area contributed by atoms with Gasteiger partial charge >= 0.3 is 0 Å². The summed E-state index contributed by atoms with van der Waals surface area (Å²) in [6, 6.07) is 12.9. The van der Waals surface area contributed by atoms with E-state index in [4.69, 9.17) is 0 Å². The fourth-order valence-electron chi connectivity index (χ4n) is 3.56. The smallest absolute Gasteiger partial charge is 0.295 e. The highest BCUT2D eigenvalue weighted by Gasteiger charge is 2.23. The van der Waals surface area contributed by atoms with E-state index in [1.165, 1.54) is 9.56 Å². The summed E-state index contributed by atoms with van der Waals surface area (Å²) in [6.07, 6.45) is 0.761. The molecule has 0 spiro atoms. The molecule has 8 heteroatoms. The lowest BCUT2D eigenvalue weighted by molar-refractivity contribution is -0.124. The first kappa shape index (κ1) is 20.0. The maximum absolute atomic E-state index is 13.1. The molecule has 154 valence electrons. The minimum absolute atomic E-state index is 0.237. The third kappa shape index (κ3) is 3.66. The van der Waals surface area contributed by atoms with Crippen molar-refractivity contribution in [3.8, 4) is 5.69 Å². The number of aromatic nitrogens is 4. The first-order valence-corrected chi connectivity index (χ1v) is 10.7. The van der Waals surface area contributed by atoms with Crippen molar-refractivity contribution in [3.63, 3.8) is 0 Å². The van der Waals surface area contributed by atoms with Crippen LogP contribution < -0.4 is 10.9 Å². The van der Waals surface area contributed by atoms with Gasteiger partial charge in [-0.25, -0.2) is 9.36 Å².